The van der Waals surface area contributed by atoms with Crippen LogP contribution in [0.5, 0.6) is 0 Å². The van der Waals surface area contributed by atoms with Crippen LogP contribution in [0.15, 0.2) is 18.3 Å². The van der Waals surface area contributed by atoms with Crippen LogP contribution in [0.25, 0.3) is 0 Å². The molecular formula is C17H28N2. The van der Waals surface area contributed by atoms with Crippen LogP contribution >= 0.6 is 0 Å². The van der Waals surface area contributed by atoms with Crippen molar-refractivity contribution in [3.05, 3.63) is 23.9 Å². The summed E-state index contributed by atoms with van der Waals surface area (Å²) >= 11 is 0. The molecule has 106 valence electrons. The molecule has 1 N–H and O–H groups in total. The number of anilines is 1. The minimum atomic E-state index is 0.181. The summed E-state index contributed by atoms with van der Waals surface area (Å²) < 4.78 is 0. The van der Waals surface area contributed by atoms with Crippen LogP contribution in [0.2, 0.25) is 0 Å². The molecule has 1 aromatic rings. The molecule has 0 unspecified atom stereocenters. The molecule has 2 heteroatoms. The third-order valence-corrected chi connectivity index (χ3v) is 4.32. The van der Waals surface area contributed by atoms with Gasteiger partial charge in [-0.25, -0.2) is 4.98 Å². The summed E-state index contributed by atoms with van der Waals surface area (Å²) in [5, 5.41) is 3.59. The maximum absolute atomic E-state index is 4.56. The Balaban J connectivity index is 1.94. The van der Waals surface area contributed by atoms with Crippen LogP contribution in [0.4, 0.5) is 5.82 Å². The van der Waals surface area contributed by atoms with Crippen LogP contribution in [0.3, 0.4) is 0 Å². The summed E-state index contributed by atoms with van der Waals surface area (Å²) in [7, 11) is 0. The highest BCUT2D eigenvalue weighted by Crippen LogP contribution is 2.36. The molecule has 1 saturated carbocycles. The molecule has 1 aromatic heterocycles. The van der Waals surface area contributed by atoms with E-state index >= 15 is 0 Å². The fraction of sp³-hybridized carbons (Fsp3) is 0.706. The molecule has 1 aliphatic rings. The Hall–Kier alpha value is -1.05. The maximum Gasteiger partial charge on any atom is 0.126 e. The Kier molecular flexibility index (Phi) is 3.89. The quantitative estimate of drug-likeness (QED) is 0.829. The van der Waals surface area contributed by atoms with E-state index in [1.165, 1.54) is 31.2 Å². The lowest BCUT2D eigenvalue weighted by molar-refractivity contribution is 0.232. The Labute approximate surface area is 118 Å². The van der Waals surface area contributed by atoms with Crippen molar-refractivity contribution in [3.8, 4) is 0 Å². The third-order valence-electron chi connectivity index (χ3n) is 4.32. The van der Waals surface area contributed by atoms with Crippen molar-refractivity contribution in [2.24, 2.45) is 5.41 Å². The number of hydrogen-bond acceptors (Lipinski definition) is 2. The van der Waals surface area contributed by atoms with Crippen molar-refractivity contribution in [1.82, 2.24) is 4.98 Å². The summed E-state index contributed by atoms with van der Waals surface area (Å²) in [6.45, 7) is 11.4. The standard InChI is InChI=1S/C17H28N2/c1-16(2,3)13-6-7-15(18-12-13)19-14-8-10-17(4,5)11-9-14/h6-7,12,14H,8-11H2,1-5H3,(H,18,19). The first-order valence-corrected chi connectivity index (χ1v) is 7.49. The molecule has 2 rings (SSSR count). The van der Waals surface area contributed by atoms with Crippen LogP contribution in [-0.2, 0) is 5.41 Å². The van der Waals surface area contributed by atoms with Gasteiger partial charge in [-0.2, -0.15) is 0 Å². The van der Waals surface area contributed by atoms with Gasteiger partial charge in [0.15, 0.2) is 0 Å². The average molecular weight is 260 g/mol. The van der Waals surface area contributed by atoms with E-state index in [0.29, 0.717) is 11.5 Å². The van der Waals surface area contributed by atoms with E-state index in [0.717, 1.165) is 5.82 Å². The van der Waals surface area contributed by atoms with Crippen molar-refractivity contribution in [1.29, 1.82) is 0 Å². The number of hydrogen-bond donors (Lipinski definition) is 1. The highest BCUT2D eigenvalue weighted by molar-refractivity contribution is 5.38. The summed E-state index contributed by atoms with van der Waals surface area (Å²) in [4.78, 5) is 4.56. The first-order valence-electron chi connectivity index (χ1n) is 7.49. The van der Waals surface area contributed by atoms with E-state index in [9.17, 15) is 0 Å². The van der Waals surface area contributed by atoms with Gasteiger partial charge in [-0.3, -0.25) is 0 Å². The SMILES string of the molecule is CC1(C)CCC(Nc2ccc(C(C)(C)C)cn2)CC1. The lowest BCUT2D eigenvalue weighted by Gasteiger charge is -2.34. The normalized spacial score (nSPS) is 20.3. The van der Waals surface area contributed by atoms with Gasteiger partial charge < -0.3 is 5.32 Å². The minimum Gasteiger partial charge on any atom is -0.367 e. The van der Waals surface area contributed by atoms with Crippen molar-refractivity contribution < 1.29 is 0 Å². The van der Waals surface area contributed by atoms with Crippen LogP contribution in [-0.4, -0.2) is 11.0 Å². The predicted octanol–water partition coefficient (Wildman–Crippen LogP) is 4.76. The zero-order valence-corrected chi connectivity index (χ0v) is 13.1. The van der Waals surface area contributed by atoms with Gasteiger partial charge in [0.25, 0.3) is 0 Å². The summed E-state index contributed by atoms with van der Waals surface area (Å²) in [6, 6.07) is 4.92. The van der Waals surface area contributed by atoms with Gasteiger partial charge in [-0.05, 0) is 48.1 Å². The maximum atomic E-state index is 4.56. The second kappa shape index (κ2) is 5.15. The molecular weight excluding hydrogens is 232 g/mol. The van der Waals surface area contributed by atoms with E-state index < -0.39 is 0 Å². The van der Waals surface area contributed by atoms with Crippen LogP contribution in [0.1, 0.15) is 65.9 Å². The van der Waals surface area contributed by atoms with Gasteiger partial charge in [0.05, 0.1) is 0 Å². The molecule has 1 fully saturated rings. The van der Waals surface area contributed by atoms with Crippen LogP contribution < -0.4 is 5.32 Å². The number of nitrogens with zero attached hydrogens (tertiary/aromatic N) is 1. The first kappa shape index (κ1) is 14.4. The zero-order chi connectivity index (χ0) is 14.1. The largest absolute Gasteiger partial charge is 0.367 e. The van der Waals surface area contributed by atoms with E-state index in [1.54, 1.807) is 0 Å². The Bertz CT molecular complexity index is 402. The molecule has 0 amide bonds. The molecule has 0 aromatic carbocycles. The van der Waals surface area contributed by atoms with Crippen molar-refractivity contribution in [2.45, 2.75) is 71.8 Å². The smallest absolute Gasteiger partial charge is 0.126 e. The van der Waals surface area contributed by atoms with Gasteiger partial charge in [-0.15, -0.1) is 0 Å². The van der Waals surface area contributed by atoms with Gasteiger partial charge in [0.1, 0.15) is 5.82 Å². The second-order valence-electron chi connectivity index (χ2n) is 7.76. The molecule has 1 aliphatic carbocycles. The number of rotatable bonds is 2. The lowest BCUT2D eigenvalue weighted by Crippen LogP contribution is -2.30. The van der Waals surface area contributed by atoms with Gasteiger partial charge in [0.2, 0.25) is 0 Å². The Morgan fingerprint density at radius 3 is 2.26 bits per heavy atom. The Morgan fingerprint density at radius 1 is 1.16 bits per heavy atom. The molecule has 0 spiro atoms. The van der Waals surface area contributed by atoms with Crippen LogP contribution in [0, 0.1) is 5.41 Å². The monoisotopic (exact) mass is 260 g/mol. The van der Waals surface area contributed by atoms with Crippen molar-refractivity contribution in [3.63, 3.8) is 0 Å². The molecule has 19 heavy (non-hydrogen) atoms. The van der Waals surface area contributed by atoms with Gasteiger partial charge in [0, 0.05) is 12.2 Å². The zero-order valence-electron chi connectivity index (χ0n) is 13.1. The summed E-state index contributed by atoms with van der Waals surface area (Å²) in [5.74, 6) is 1.03. The molecule has 0 radical (unpaired) electrons. The van der Waals surface area contributed by atoms with E-state index in [-0.39, 0.29) is 5.41 Å². The lowest BCUT2D eigenvalue weighted by atomic mass is 9.75. The summed E-state index contributed by atoms with van der Waals surface area (Å²) in [6.07, 6.45) is 7.15. The Morgan fingerprint density at radius 2 is 1.79 bits per heavy atom. The van der Waals surface area contributed by atoms with Crippen molar-refractivity contribution >= 4 is 5.82 Å². The molecule has 0 bridgehead atoms. The first-order chi connectivity index (χ1) is 8.76. The number of aromatic nitrogens is 1. The third kappa shape index (κ3) is 3.95. The fourth-order valence-corrected chi connectivity index (χ4v) is 2.68. The predicted molar refractivity (Wildman–Crippen MR) is 82.6 cm³/mol. The summed E-state index contributed by atoms with van der Waals surface area (Å²) in [5.41, 5.74) is 2.00. The highest BCUT2D eigenvalue weighted by atomic mass is 15.0. The minimum absolute atomic E-state index is 0.181. The van der Waals surface area contributed by atoms with Gasteiger partial charge in [-0.1, -0.05) is 40.7 Å². The number of pyridine rings is 1. The second-order valence-corrected chi connectivity index (χ2v) is 7.76. The van der Waals surface area contributed by atoms with E-state index in [1.807, 2.05) is 6.20 Å². The van der Waals surface area contributed by atoms with Crippen molar-refractivity contribution in [2.75, 3.05) is 5.32 Å². The molecule has 0 atom stereocenters. The molecule has 0 aliphatic heterocycles. The fourth-order valence-electron chi connectivity index (χ4n) is 2.68. The van der Waals surface area contributed by atoms with Gasteiger partial charge >= 0.3 is 0 Å². The molecule has 0 saturated heterocycles. The number of nitrogens with one attached hydrogen (secondary N) is 1. The average Bonchev–Trinajstić information content (AvgIpc) is 2.31. The topological polar surface area (TPSA) is 24.9 Å². The molecule has 2 nitrogen and oxygen atoms in total. The molecule has 1 heterocycles. The van der Waals surface area contributed by atoms with E-state index in [4.69, 9.17) is 0 Å². The van der Waals surface area contributed by atoms with E-state index in [2.05, 4.69) is 57.1 Å². The highest BCUT2D eigenvalue weighted by Gasteiger charge is 2.26.